The van der Waals surface area contributed by atoms with E-state index in [1.807, 2.05) is 0 Å². The molecule has 1 aliphatic heterocycles. The van der Waals surface area contributed by atoms with Gasteiger partial charge < -0.3 is 0 Å². The molecule has 0 N–H and O–H groups in total. The summed E-state index contributed by atoms with van der Waals surface area (Å²) in [5.74, 6) is -2.10. The Hall–Kier alpha value is -2.87. The average Bonchev–Trinajstić information content (AvgIpc) is 3.25. The van der Waals surface area contributed by atoms with Crippen molar-refractivity contribution in [2.24, 2.45) is 5.92 Å². The second-order valence-corrected chi connectivity index (χ2v) is 7.64. The van der Waals surface area contributed by atoms with E-state index in [-0.39, 0.29) is 23.7 Å². The molecule has 1 saturated heterocycles. The molecule has 2 aliphatic rings. The molecule has 8 heteroatoms. The molecule has 1 atom stereocenters. The second-order valence-electron chi connectivity index (χ2n) is 7.64. The number of nitrogens with zero attached hydrogens (tertiary/aromatic N) is 3. The van der Waals surface area contributed by atoms with Crippen molar-refractivity contribution < 1.29 is 22.8 Å². The molecule has 2 fully saturated rings. The van der Waals surface area contributed by atoms with Gasteiger partial charge in [-0.1, -0.05) is 0 Å². The predicted molar refractivity (Wildman–Crippen MR) is 98.0 cm³/mol. The van der Waals surface area contributed by atoms with Gasteiger partial charge in [0.25, 0.3) is 0 Å². The van der Waals surface area contributed by atoms with Gasteiger partial charge in [0.1, 0.15) is 17.5 Å². The van der Waals surface area contributed by atoms with Gasteiger partial charge in [-0.2, -0.15) is 5.10 Å². The maximum atomic E-state index is 13.6. The number of hydrogen-bond donors (Lipinski definition) is 0. The molecular formula is C21H18F3N3O2. The normalized spacial score (nSPS) is 24.1. The lowest BCUT2D eigenvalue weighted by atomic mass is 9.79. The van der Waals surface area contributed by atoms with Crippen molar-refractivity contribution in [1.29, 1.82) is 0 Å². The summed E-state index contributed by atoms with van der Waals surface area (Å²) < 4.78 is 42.3. The molecule has 0 bridgehead atoms. The van der Waals surface area contributed by atoms with Crippen LogP contribution in [0.5, 0.6) is 0 Å². The summed E-state index contributed by atoms with van der Waals surface area (Å²) in [5.41, 5.74) is 1.10. The average molecular weight is 401 g/mol. The van der Waals surface area contributed by atoms with Gasteiger partial charge in [-0.25, -0.2) is 18.2 Å². The fourth-order valence-corrected chi connectivity index (χ4v) is 4.14. The highest BCUT2D eigenvalue weighted by Crippen LogP contribution is 2.42. The van der Waals surface area contributed by atoms with Crippen molar-refractivity contribution in [1.82, 2.24) is 14.8 Å². The number of rotatable bonds is 3. The van der Waals surface area contributed by atoms with Crippen molar-refractivity contribution >= 4 is 16.8 Å². The Morgan fingerprint density at radius 2 is 1.79 bits per heavy atom. The summed E-state index contributed by atoms with van der Waals surface area (Å²) in [6.45, 7) is 0.320. The van der Waals surface area contributed by atoms with Crippen LogP contribution in [0.25, 0.3) is 10.9 Å². The molecule has 150 valence electrons. The molecule has 29 heavy (non-hydrogen) atoms. The highest BCUT2D eigenvalue weighted by Gasteiger charge is 2.42. The monoisotopic (exact) mass is 401 g/mol. The van der Waals surface area contributed by atoms with Crippen LogP contribution in [0.3, 0.4) is 0 Å². The van der Waals surface area contributed by atoms with Crippen molar-refractivity contribution in [2.45, 2.75) is 31.3 Å². The van der Waals surface area contributed by atoms with Crippen molar-refractivity contribution in [3.8, 4) is 0 Å². The molecular weight excluding hydrogens is 383 g/mol. The zero-order chi connectivity index (χ0) is 20.1. The number of carbonyl (C=O) groups excluding carboxylic acids is 1. The van der Waals surface area contributed by atoms with Gasteiger partial charge in [0.05, 0.1) is 24.2 Å². The highest BCUT2D eigenvalue weighted by atomic mass is 19.1. The molecule has 2 heterocycles. The van der Waals surface area contributed by atoms with Crippen LogP contribution in [0.15, 0.2) is 42.6 Å². The Morgan fingerprint density at radius 3 is 2.55 bits per heavy atom. The first-order chi connectivity index (χ1) is 14.0. The maximum Gasteiger partial charge on any atom is 0.249 e. The minimum absolute atomic E-state index is 0.0482. The third-order valence-electron chi connectivity index (χ3n) is 5.71. The van der Waals surface area contributed by atoms with Gasteiger partial charge in [0.15, 0.2) is 0 Å². The zero-order valence-corrected chi connectivity index (χ0v) is 15.4. The van der Waals surface area contributed by atoms with Crippen LogP contribution in [0.1, 0.15) is 36.9 Å². The van der Waals surface area contributed by atoms with Crippen molar-refractivity contribution in [3.63, 3.8) is 0 Å². The van der Waals surface area contributed by atoms with Gasteiger partial charge >= 0.3 is 0 Å². The Bertz CT molecular complexity index is 1070. The van der Waals surface area contributed by atoms with Crippen LogP contribution in [-0.4, -0.2) is 27.4 Å². The van der Waals surface area contributed by atoms with E-state index in [1.165, 1.54) is 29.3 Å². The minimum Gasteiger partial charge on any atom is -0.272 e. The summed E-state index contributed by atoms with van der Waals surface area (Å²) in [4.78, 5) is 18.4. The molecule has 0 unspecified atom stereocenters. The first kappa shape index (κ1) is 18.2. The molecule has 2 aromatic carbocycles. The maximum absolute atomic E-state index is 13.6. The quantitative estimate of drug-likeness (QED) is 0.657. The number of aromatic nitrogens is 2. The molecule has 0 radical (unpaired) electrons. The number of benzene rings is 2. The van der Waals surface area contributed by atoms with E-state index in [1.54, 1.807) is 16.9 Å². The summed E-state index contributed by atoms with van der Waals surface area (Å²) in [6.07, 6.45) is 3.44. The number of carbonyl (C=O) groups is 1. The summed E-state index contributed by atoms with van der Waals surface area (Å²) >= 11 is 0. The van der Waals surface area contributed by atoms with Crippen LogP contribution < -0.4 is 0 Å². The third-order valence-corrected chi connectivity index (χ3v) is 5.71. The molecule has 5 rings (SSSR count). The first-order valence-corrected chi connectivity index (χ1v) is 9.54. The molecule has 3 aromatic rings. The van der Waals surface area contributed by atoms with Gasteiger partial charge in [-0.3, -0.25) is 14.3 Å². The largest absolute Gasteiger partial charge is 0.272 e. The van der Waals surface area contributed by atoms with Crippen LogP contribution in [0.4, 0.5) is 13.2 Å². The molecule has 1 amide bonds. The number of amides is 1. The SMILES string of the molecule is O=C([C@H]1C[C@@H](n2cc3cc(F)ccc3n2)C1)N1OCC[C@H]1c1cc(F)cc(F)c1. The number of hydrogen-bond acceptors (Lipinski definition) is 3. The smallest absolute Gasteiger partial charge is 0.249 e. The lowest BCUT2D eigenvalue weighted by Gasteiger charge is -2.37. The molecule has 1 aromatic heterocycles. The van der Waals surface area contributed by atoms with Gasteiger partial charge in [0, 0.05) is 30.0 Å². The fourth-order valence-electron chi connectivity index (χ4n) is 4.14. The Labute approximate surface area is 164 Å². The van der Waals surface area contributed by atoms with E-state index in [2.05, 4.69) is 5.10 Å². The van der Waals surface area contributed by atoms with E-state index >= 15 is 0 Å². The fraction of sp³-hybridized carbons (Fsp3) is 0.333. The lowest BCUT2D eigenvalue weighted by Crippen LogP contribution is -2.41. The second kappa shape index (κ2) is 6.88. The summed E-state index contributed by atoms with van der Waals surface area (Å²) in [6, 6.07) is 7.26. The Balaban J connectivity index is 1.29. The Kier molecular flexibility index (Phi) is 4.31. The van der Waals surface area contributed by atoms with Crippen molar-refractivity contribution in [2.75, 3.05) is 6.61 Å². The van der Waals surface area contributed by atoms with Gasteiger partial charge in [-0.05, 0) is 48.7 Å². The minimum atomic E-state index is -0.676. The van der Waals surface area contributed by atoms with Crippen LogP contribution >= 0.6 is 0 Å². The Morgan fingerprint density at radius 1 is 1.03 bits per heavy atom. The molecule has 0 spiro atoms. The van der Waals surface area contributed by atoms with E-state index in [9.17, 15) is 18.0 Å². The van der Waals surface area contributed by atoms with Crippen LogP contribution in [0.2, 0.25) is 0 Å². The van der Waals surface area contributed by atoms with E-state index < -0.39 is 17.7 Å². The number of halogens is 3. The van der Waals surface area contributed by atoms with Crippen LogP contribution in [-0.2, 0) is 9.63 Å². The van der Waals surface area contributed by atoms with E-state index in [4.69, 9.17) is 4.84 Å². The number of hydroxylamine groups is 2. The standard InChI is InChI=1S/C21H18F3N3O2/c22-15-1-2-19-14(7-15)11-26(25-19)18-8-13(9-18)21(28)27-20(3-4-29-27)12-5-16(23)10-17(24)6-12/h1-2,5-7,10-11,13,18,20H,3-4,8-9H2/t13-,18+,20-/m0/s1. The predicted octanol–water partition coefficient (Wildman–Crippen LogP) is 4.31. The summed E-state index contributed by atoms with van der Waals surface area (Å²) in [5, 5.41) is 6.45. The van der Waals surface area contributed by atoms with Gasteiger partial charge in [0.2, 0.25) is 5.91 Å². The molecule has 1 saturated carbocycles. The summed E-state index contributed by atoms with van der Waals surface area (Å²) in [7, 11) is 0. The van der Waals surface area contributed by atoms with Gasteiger partial charge in [-0.15, -0.1) is 0 Å². The van der Waals surface area contributed by atoms with E-state index in [0.717, 1.165) is 11.5 Å². The van der Waals surface area contributed by atoms with Crippen molar-refractivity contribution in [3.05, 3.63) is 65.6 Å². The molecule has 5 nitrogen and oxygen atoms in total. The molecule has 1 aliphatic carbocycles. The van der Waals surface area contributed by atoms with Crippen LogP contribution in [0, 0.1) is 23.4 Å². The third kappa shape index (κ3) is 3.27. The topological polar surface area (TPSA) is 47.4 Å². The lowest BCUT2D eigenvalue weighted by molar-refractivity contribution is -0.185. The highest BCUT2D eigenvalue weighted by molar-refractivity contribution is 5.80. The first-order valence-electron chi connectivity index (χ1n) is 9.54. The zero-order valence-electron chi connectivity index (χ0n) is 15.4. The van der Waals surface area contributed by atoms with E-state index in [0.29, 0.717) is 36.9 Å². The number of fused-ring (bicyclic) bond motifs is 1.